The van der Waals surface area contributed by atoms with E-state index in [0.29, 0.717) is 17.3 Å². The predicted molar refractivity (Wildman–Crippen MR) is 76.4 cm³/mol. The Labute approximate surface area is 120 Å². The van der Waals surface area contributed by atoms with E-state index < -0.39 is 4.92 Å². The van der Waals surface area contributed by atoms with E-state index in [1.807, 2.05) is 24.3 Å². The van der Waals surface area contributed by atoms with Gasteiger partial charge in [0, 0.05) is 11.6 Å². The molecule has 1 N–H and O–H groups in total. The fraction of sp³-hybridized carbons (Fsp3) is 0.143. The minimum Gasteiger partial charge on any atom is -0.491 e. The molecule has 102 valence electrons. The van der Waals surface area contributed by atoms with Gasteiger partial charge in [-0.15, -0.1) is 0 Å². The first kappa shape index (κ1) is 12.7. The quantitative estimate of drug-likeness (QED) is 0.690. The molecule has 5 nitrogen and oxygen atoms in total. The van der Waals surface area contributed by atoms with Crippen molar-refractivity contribution in [3.63, 3.8) is 0 Å². The molecule has 1 heterocycles. The molecule has 1 aliphatic rings. The van der Waals surface area contributed by atoms with Gasteiger partial charge < -0.3 is 10.1 Å². The largest absolute Gasteiger partial charge is 0.491 e. The Hall–Kier alpha value is -2.27. The summed E-state index contributed by atoms with van der Waals surface area (Å²) in [6.45, 7) is 0.418. The maximum absolute atomic E-state index is 11.1. The zero-order valence-corrected chi connectivity index (χ0v) is 11.1. The minimum atomic E-state index is -0.448. The number of anilines is 1. The summed E-state index contributed by atoms with van der Waals surface area (Å²) in [5.41, 5.74) is 1.26. The molecule has 6 heteroatoms. The standard InChI is InChI=1S/C14H11ClN2O3/c15-10-5-3-6-12(17(18)19)14(10)16-11-8-20-13-7-2-1-4-9(11)13/h1-7,11,16H,8H2. The fourth-order valence-electron chi connectivity index (χ4n) is 2.26. The van der Waals surface area contributed by atoms with Crippen molar-refractivity contribution in [1.82, 2.24) is 0 Å². The molecule has 0 aliphatic carbocycles. The number of benzene rings is 2. The number of nitro groups is 1. The van der Waals surface area contributed by atoms with Crippen LogP contribution in [0.5, 0.6) is 5.75 Å². The van der Waals surface area contributed by atoms with Gasteiger partial charge in [0.15, 0.2) is 0 Å². The monoisotopic (exact) mass is 290 g/mol. The van der Waals surface area contributed by atoms with E-state index >= 15 is 0 Å². The normalized spacial score (nSPS) is 16.4. The lowest BCUT2D eigenvalue weighted by molar-refractivity contribution is -0.384. The van der Waals surface area contributed by atoms with E-state index in [0.717, 1.165) is 11.3 Å². The highest BCUT2D eigenvalue weighted by Gasteiger charge is 2.27. The Morgan fingerprint density at radius 2 is 2.05 bits per heavy atom. The minimum absolute atomic E-state index is 0.0399. The van der Waals surface area contributed by atoms with Crippen LogP contribution in [0.2, 0.25) is 5.02 Å². The van der Waals surface area contributed by atoms with Crippen molar-refractivity contribution >= 4 is 23.0 Å². The first-order valence-electron chi connectivity index (χ1n) is 6.08. The molecule has 0 radical (unpaired) electrons. The number of nitro benzene ring substituents is 1. The van der Waals surface area contributed by atoms with Crippen molar-refractivity contribution in [2.24, 2.45) is 0 Å². The highest BCUT2D eigenvalue weighted by atomic mass is 35.5. The van der Waals surface area contributed by atoms with Crippen molar-refractivity contribution in [3.8, 4) is 5.75 Å². The van der Waals surface area contributed by atoms with Crippen molar-refractivity contribution in [2.75, 3.05) is 11.9 Å². The summed E-state index contributed by atoms with van der Waals surface area (Å²) in [7, 11) is 0. The molecule has 20 heavy (non-hydrogen) atoms. The van der Waals surface area contributed by atoms with Crippen LogP contribution in [-0.4, -0.2) is 11.5 Å². The molecule has 0 bridgehead atoms. The van der Waals surface area contributed by atoms with E-state index in [9.17, 15) is 10.1 Å². The molecule has 1 aliphatic heterocycles. The van der Waals surface area contributed by atoms with Gasteiger partial charge >= 0.3 is 0 Å². The fourth-order valence-corrected chi connectivity index (χ4v) is 2.49. The van der Waals surface area contributed by atoms with Crippen LogP contribution in [0.3, 0.4) is 0 Å². The molecule has 0 spiro atoms. The van der Waals surface area contributed by atoms with Crippen molar-refractivity contribution in [3.05, 3.63) is 63.2 Å². The highest BCUT2D eigenvalue weighted by Crippen LogP contribution is 2.39. The van der Waals surface area contributed by atoms with Gasteiger partial charge in [-0.05, 0) is 12.1 Å². The number of ether oxygens (including phenoxy) is 1. The number of para-hydroxylation sites is 2. The number of nitrogens with one attached hydrogen (secondary N) is 1. The topological polar surface area (TPSA) is 64.4 Å². The molecular weight excluding hydrogens is 280 g/mol. The second kappa shape index (κ2) is 5.02. The average Bonchev–Trinajstić information content (AvgIpc) is 2.84. The van der Waals surface area contributed by atoms with Crippen LogP contribution in [0.4, 0.5) is 11.4 Å². The maximum atomic E-state index is 11.1. The van der Waals surface area contributed by atoms with E-state index in [2.05, 4.69) is 5.32 Å². The summed E-state index contributed by atoms with van der Waals surface area (Å²) < 4.78 is 5.55. The first-order valence-corrected chi connectivity index (χ1v) is 6.46. The SMILES string of the molecule is O=[N+]([O-])c1cccc(Cl)c1NC1COc2ccccc21. The van der Waals surface area contributed by atoms with Crippen molar-refractivity contribution in [1.29, 1.82) is 0 Å². The van der Waals surface area contributed by atoms with Gasteiger partial charge in [0.2, 0.25) is 0 Å². The molecule has 0 amide bonds. The molecule has 0 saturated heterocycles. The smallest absolute Gasteiger partial charge is 0.293 e. The Balaban J connectivity index is 1.95. The van der Waals surface area contributed by atoms with Crippen LogP contribution in [0, 0.1) is 10.1 Å². The Morgan fingerprint density at radius 1 is 1.25 bits per heavy atom. The lowest BCUT2D eigenvalue weighted by Gasteiger charge is -2.14. The number of hydrogen-bond acceptors (Lipinski definition) is 4. The van der Waals surface area contributed by atoms with Gasteiger partial charge in [0.1, 0.15) is 18.0 Å². The highest BCUT2D eigenvalue weighted by molar-refractivity contribution is 6.33. The molecule has 0 saturated carbocycles. The van der Waals surface area contributed by atoms with E-state index in [1.54, 1.807) is 12.1 Å². The Bertz CT molecular complexity index is 675. The van der Waals surface area contributed by atoms with E-state index in [-0.39, 0.29) is 11.7 Å². The van der Waals surface area contributed by atoms with Crippen LogP contribution in [-0.2, 0) is 0 Å². The maximum Gasteiger partial charge on any atom is 0.293 e. The van der Waals surface area contributed by atoms with Crippen LogP contribution in [0.1, 0.15) is 11.6 Å². The summed E-state index contributed by atoms with van der Waals surface area (Å²) in [6.07, 6.45) is 0. The van der Waals surface area contributed by atoms with Crippen LogP contribution >= 0.6 is 11.6 Å². The van der Waals surface area contributed by atoms with Gasteiger partial charge in [0.25, 0.3) is 5.69 Å². The predicted octanol–water partition coefficient (Wildman–Crippen LogP) is 3.79. The average molecular weight is 291 g/mol. The summed E-state index contributed by atoms with van der Waals surface area (Å²) in [5, 5.41) is 14.5. The molecule has 0 aromatic heterocycles. The van der Waals surface area contributed by atoms with Gasteiger partial charge in [0.05, 0.1) is 16.0 Å². The lowest BCUT2D eigenvalue weighted by Crippen LogP contribution is -2.13. The molecule has 2 aromatic carbocycles. The Kier molecular flexibility index (Phi) is 3.20. The zero-order valence-electron chi connectivity index (χ0n) is 10.4. The van der Waals surface area contributed by atoms with Crippen molar-refractivity contribution in [2.45, 2.75) is 6.04 Å². The molecule has 1 unspecified atom stereocenters. The third kappa shape index (κ3) is 2.16. The van der Waals surface area contributed by atoms with Gasteiger partial charge in [-0.2, -0.15) is 0 Å². The Morgan fingerprint density at radius 3 is 2.85 bits per heavy atom. The third-order valence-corrected chi connectivity index (χ3v) is 3.52. The molecule has 2 aromatic rings. The van der Waals surface area contributed by atoms with Crippen LogP contribution in [0.15, 0.2) is 42.5 Å². The molecule has 1 atom stereocenters. The van der Waals surface area contributed by atoms with Gasteiger partial charge in [-0.3, -0.25) is 10.1 Å². The molecule has 0 fully saturated rings. The summed E-state index contributed by atoms with van der Waals surface area (Å²) in [5.74, 6) is 0.791. The van der Waals surface area contributed by atoms with Crippen molar-refractivity contribution < 1.29 is 9.66 Å². The molecule has 3 rings (SSSR count). The molecular formula is C14H11ClN2O3. The lowest BCUT2D eigenvalue weighted by atomic mass is 10.1. The number of fused-ring (bicyclic) bond motifs is 1. The van der Waals surface area contributed by atoms with Crippen LogP contribution in [0.25, 0.3) is 0 Å². The number of halogens is 1. The van der Waals surface area contributed by atoms with E-state index in [1.165, 1.54) is 6.07 Å². The summed E-state index contributed by atoms with van der Waals surface area (Å²) in [6, 6.07) is 12.1. The number of rotatable bonds is 3. The number of nitrogens with zero attached hydrogens (tertiary/aromatic N) is 1. The number of hydrogen-bond donors (Lipinski definition) is 1. The van der Waals surface area contributed by atoms with Crippen LogP contribution < -0.4 is 10.1 Å². The second-order valence-corrected chi connectivity index (χ2v) is 4.84. The third-order valence-electron chi connectivity index (χ3n) is 3.21. The second-order valence-electron chi connectivity index (χ2n) is 4.44. The zero-order chi connectivity index (χ0) is 14.1. The first-order chi connectivity index (χ1) is 9.66. The summed E-state index contributed by atoms with van der Waals surface area (Å²) in [4.78, 5) is 10.6. The van der Waals surface area contributed by atoms with Gasteiger partial charge in [-0.25, -0.2) is 0 Å². The van der Waals surface area contributed by atoms with E-state index in [4.69, 9.17) is 16.3 Å². The summed E-state index contributed by atoms with van der Waals surface area (Å²) >= 11 is 6.07. The van der Waals surface area contributed by atoms with Gasteiger partial charge in [-0.1, -0.05) is 35.9 Å².